The molecule has 0 fully saturated rings. The normalized spacial score (nSPS) is 12.1. The number of halogens is 6. The Kier molecular flexibility index (Phi) is 9.31. The van der Waals surface area contributed by atoms with E-state index in [1.54, 1.807) is 6.92 Å². The number of carbonyl (C=O) groups is 2. The molecule has 1 atom stereocenters. The van der Waals surface area contributed by atoms with E-state index >= 15 is 0 Å². The minimum atomic E-state index is -4.78. The van der Waals surface area contributed by atoms with Gasteiger partial charge in [-0.15, -0.1) is 26.3 Å². The van der Waals surface area contributed by atoms with Gasteiger partial charge < -0.3 is 19.3 Å². The van der Waals surface area contributed by atoms with Crippen molar-refractivity contribution in [1.29, 1.82) is 0 Å². The molecule has 0 aromatic heterocycles. The van der Waals surface area contributed by atoms with Gasteiger partial charge in [0.05, 0.1) is 6.61 Å². The number of hydrogen-bond donors (Lipinski definition) is 1. The molecule has 1 unspecified atom stereocenters. The monoisotopic (exact) mass is 454 g/mol. The quantitative estimate of drug-likeness (QED) is 0.391. The Hall–Kier alpha value is -3.28. The maximum Gasteiger partial charge on any atom is 0.573 e. The van der Waals surface area contributed by atoms with E-state index in [0.29, 0.717) is 11.8 Å². The van der Waals surface area contributed by atoms with Gasteiger partial charge >= 0.3 is 18.7 Å². The second-order valence-corrected chi connectivity index (χ2v) is 5.51. The first-order valence-electron chi connectivity index (χ1n) is 8.36. The average Bonchev–Trinajstić information content (AvgIpc) is 2.67. The summed E-state index contributed by atoms with van der Waals surface area (Å²) in [4.78, 5) is 21.3. The third kappa shape index (κ3) is 10.3. The number of esters is 1. The summed E-state index contributed by atoms with van der Waals surface area (Å²) in [6.07, 6.45) is -10.5. The van der Waals surface area contributed by atoms with E-state index in [4.69, 9.17) is 0 Å². The van der Waals surface area contributed by atoms with E-state index in [-0.39, 0.29) is 17.9 Å². The van der Waals surface area contributed by atoms with Crippen molar-refractivity contribution in [1.82, 2.24) is 0 Å². The second kappa shape index (κ2) is 11.2. The van der Waals surface area contributed by atoms with Crippen LogP contribution in [0.3, 0.4) is 0 Å². The third-order valence-corrected chi connectivity index (χ3v) is 3.19. The summed E-state index contributed by atoms with van der Waals surface area (Å²) in [7, 11) is 0. The lowest BCUT2D eigenvalue weighted by atomic mass is 10.1. The molecule has 2 aromatic carbocycles. The molecule has 1 N–H and O–H groups in total. The van der Waals surface area contributed by atoms with Crippen LogP contribution >= 0.6 is 0 Å². The van der Waals surface area contributed by atoms with Gasteiger partial charge in [-0.1, -0.05) is 12.1 Å². The van der Waals surface area contributed by atoms with Crippen molar-refractivity contribution in [3.05, 3.63) is 59.7 Å². The van der Waals surface area contributed by atoms with Crippen LogP contribution in [-0.4, -0.2) is 36.7 Å². The van der Waals surface area contributed by atoms with E-state index in [0.717, 1.165) is 36.4 Å². The van der Waals surface area contributed by atoms with Gasteiger partial charge in [0.2, 0.25) is 0 Å². The van der Waals surface area contributed by atoms with Crippen molar-refractivity contribution in [2.24, 2.45) is 0 Å². The second-order valence-electron chi connectivity index (χ2n) is 5.51. The molecule has 0 radical (unpaired) electrons. The molecule has 12 heteroatoms. The van der Waals surface area contributed by atoms with Crippen LogP contribution in [0.4, 0.5) is 26.3 Å². The number of hydrogen-bond acceptors (Lipinski definition) is 6. The Morgan fingerprint density at radius 1 is 0.903 bits per heavy atom. The summed E-state index contributed by atoms with van der Waals surface area (Å²) in [6.45, 7) is 1.68. The van der Waals surface area contributed by atoms with Crippen LogP contribution in [0.15, 0.2) is 48.5 Å². The highest BCUT2D eigenvalue weighted by molar-refractivity contribution is 5.76. The molecule has 2 aromatic rings. The lowest BCUT2D eigenvalue weighted by Crippen LogP contribution is -2.17. The van der Waals surface area contributed by atoms with Gasteiger partial charge in [-0.2, -0.15) is 0 Å². The zero-order valence-electron chi connectivity index (χ0n) is 15.7. The highest BCUT2D eigenvalue weighted by Crippen LogP contribution is 2.25. The highest BCUT2D eigenvalue weighted by atomic mass is 19.4. The zero-order valence-corrected chi connectivity index (χ0v) is 15.7. The molecule has 2 rings (SSSR count). The fraction of sp³-hybridized carbons (Fsp3) is 0.263. The van der Waals surface area contributed by atoms with E-state index in [1.165, 1.54) is 12.1 Å². The summed E-state index contributed by atoms with van der Waals surface area (Å²) in [5.41, 5.74) is 0.428. The van der Waals surface area contributed by atoms with Crippen LogP contribution in [0, 0.1) is 0 Å². The first-order valence-corrected chi connectivity index (χ1v) is 8.36. The SMILES string of the molecule is CCOC(=O)C(O)c1ccc(OC(F)(F)F)cc1.O=Cc1ccc(OC(F)(F)F)cc1. The number of alkyl halides is 6. The van der Waals surface area contributed by atoms with Crippen LogP contribution in [0.2, 0.25) is 0 Å². The molecule has 6 nitrogen and oxygen atoms in total. The van der Waals surface area contributed by atoms with Crippen molar-refractivity contribution < 1.29 is 55.2 Å². The Bertz CT molecular complexity index is 831. The molecule has 0 aliphatic rings. The number of benzene rings is 2. The fourth-order valence-electron chi connectivity index (χ4n) is 1.96. The summed E-state index contributed by atoms with van der Waals surface area (Å²) < 4.78 is 82.3. The zero-order chi connectivity index (χ0) is 23.7. The molecule has 0 aliphatic heterocycles. The first-order chi connectivity index (χ1) is 14.3. The molecule has 0 amide bonds. The van der Waals surface area contributed by atoms with Crippen molar-refractivity contribution in [3.63, 3.8) is 0 Å². The van der Waals surface area contributed by atoms with Gasteiger partial charge in [0.25, 0.3) is 0 Å². The molecule has 0 spiro atoms. The smallest absolute Gasteiger partial charge is 0.464 e. The largest absolute Gasteiger partial charge is 0.573 e. The van der Waals surface area contributed by atoms with Gasteiger partial charge in [-0.25, -0.2) is 4.79 Å². The summed E-state index contributed by atoms with van der Waals surface area (Å²) >= 11 is 0. The number of aliphatic hydroxyl groups is 1. The van der Waals surface area contributed by atoms with Gasteiger partial charge in [-0.05, 0) is 48.9 Å². The van der Waals surface area contributed by atoms with Gasteiger partial charge in [0.15, 0.2) is 6.10 Å². The Labute approximate surface area is 172 Å². The van der Waals surface area contributed by atoms with E-state index in [9.17, 15) is 41.0 Å². The van der Waals surface area contributed by atoms with E-state index in [2.05, 4.69) is 14.2 Å². The Morgan fingerprint density at radius 3 is 1.68 bits per heavy atom. The van der Waals surface area contributed by atoms with E-state index < -0.39 is 30.5 Å². The van der Waals surface area contributed by atoms with Crippen LogP contribution < -0.4 is 9.47 Å². The fourth-order valence-corrected chi connectivity index (χ4v) is 1.96. The Balaban J connectivity index is 0.000000327. The van der Waals surface area contributed by atoms with Gasteiger partial charge in [0, 0.05) is 5.56 Å². The van der Waals surface area contributed by atoms with Crippen molar-refractivity contribution in [2.75, 3.05) is 6.61 Å². The van der Waals surface area contributed by atoms with Crippen molar-refractivity contribution >= 4 is 12.3 Å². The minimum Gasteiger partial charge on any atom is -0.464 e. The molecule has 0 heterocycles. The van der Waals surface area contributed by atoms with Gasteiger partial charge in [-0.3, -0.25) is 4.79 Å². The number of aliphatic hydroxyl groups excluding tert-OH is 1. The Morgan fingerprint density at radius 2 is 1.32 bits per heavy atom. The van der Waals surface area contributed by atoms with Crippen molar-refractivity contribution in [3.8, 4) is 11.5 Å². The average molecular weight is 454 g/mol. The lowest BCUT2D eigenvalue weighted by molar-refractivity contribution is -0.275. The molecule has 0 saturated carbocycles. The molecule has 0 aliphatic carbocycles. The standard InChI is InChI=1S/C11H11F3O4.C8H5F3O2/c1-2-17-10(16)9(15)7-3-5-8(6-4-7)18-11(12,13)14;9-8(10,11)13-7-3-1-6(5-12)2-4-7/h3-6,9,15H,2H2,1H3;1-5H. The summed E-state index contributed by atoms with van der Waals surface area (Å²) in [5.74, 6) is -1.62. The number of ether oxygens (including phenoxy) is 3. The topological polar surface area (TPSA) is 82.1 Å². The molecule has 31 heavy (non-hydrogen) atoms. The van der Waals surface area contributed by atoms with E-state index in [1.807, 2.05) is 0 Å². The maximum atomic E-state index is 11.9. The molecule has 0 bridgehead atoms. The minimum absolute atomic E-state index is 0.102. The molecular formula is C19H16F6O6. The lowest BCUT2D eigenvalue weighted by Gasteiger charge is -2.12. The van der Waals surface area contributed by atoms with Crippen molar-refractivity contribution in [2.45, 2.75) is 25.8 Å². The number of carbonyl (C=O) groups excluding carboxylic acids is 2. The van der Waals surface area contributed by atoms with Crippen LogP contribution in [0.5, 0.6) is 11.5 Å². The third-order valence-electron chi connectivity index (χ3n) is 3.19. The van der Waals surface area contributed by atoms with Crippen LogP contribution in [0.25, 0.3) is 0 Å². The number of rotatable bonds is 6. The maximum absolute atomic E-state index is 11.9. The van der Waals surface area contributed by atoms with Gasteiger partial charge in [0.1, 0.15) is 17.8 Å². The highest BCUT2D eigenvalue weighted by Gasteiger charge is 2.31. The summed E-state index contributed by atoms with van der Waals surface area (Å²) in [5, 5.41) is 9.51. The molecule has 170 valence electrons. The predicted octanol–water partition coefficient (Wildman–Crippen LogP) is 4.58. The summed E-state index contributed by atoms with van der Waals surface area (Å²) in [6, 6.07) is 8.97. The first kappa shape index (κ1) is 25.8. The number of aldehydes is 1. The molecular weight excluding hydrogens is 438 g/mol. The predicted molar refractivity (Wildman–Crippen MR) is 93.2 cm³/mol. The van der Waals surface area contributed by atoms with Crippen LogP contribution in [-0.2, 0) is 9.53 Å². The molecule has 0 saturated heterocycles. The van der Waals surface area contributed by atoms with Crippen LogP contribution in [0.1, 0.15) is 28.9 Å².